The molecule has 2 rings (SSSR count). The van der Waals surface area contributed by atoms with Crippen LogP contribution in [-0.2, 0) is 0 Å². The van der Waals surface area contributed by atoms with Gasteiger partial charge in [-0.05, 0) is 26.8 Å². The lowest BCUT2D eigenvalue weighted by Crippen LogP contribution is -2.12. The molecule has 4 heteroatoms. The van der Waals surface area contributed by atoms with Gasteiger partial charge < -0.3 is 14.8 Å². The Hall–Kier alpha value is -1.29. The molecule has 1 heterocycles. The number of methoxy groups -OCH3 is 2. The van der Waals surface area contributed by atoms with E-state index in [1.807, 2.05) is 6.92 Å². The van der Waals surface area contributed by atoms with E-state index in [0.29, 0.717) is 23.0 Å². The van der Waals surface area contributed by atoms with Gasteiger partial charge >= 0.3 is 0 Å². The van der Waals surface area contributed by atoms with Gasteiger partial charge in [-0.25, -0.2) is 4.39 Å². The summed E-state index contributed by atoms with van der Waals surface area (Å²) >= 11 is 0. The van der Waals surface area contributed by atoms with Crippen molar-refractivity contribution in [3.63, 3.8) is 0 Å². The first-order valence-electron chi connectivity index (χ1n) is 6.23. The highest BCUT2D eigenvalue weighted by Crippen LogP contribution is 2.42. The molecule has 100 valence electrons. The summed E-state index contributed by atoms with van der Waals surface area (Å²) in [5.74, 6) is 1.06. The lowest BCUT2D eigenvalue weighted by Gasteiger charge is -2.22. The molecule has 1 saturated heterocycles. The minimum atomic E-state index is -0.318. The molecule has 0 aromatic heterocycles. The van der Waals surface area contributed by atoms with Gasteiger partial charge in [-0.3, -0.25) is 0 Å². The van der Waals surface area contributed by atoms with Gasteiger partial charge in [0.05, 0.1) is 14.2 Å². The maximum Gasteiger partial charge on any atom is 0.171 e. The third-order valence-corrected chi connectivity index (χ3v) is 3.74. The van der Waals surface area contributed by atoms with Gasteiger partial charge in [-0.2, -0.15) is 0 Å². The highest BCUT2D eigenvalue weighted by molar-refractivity contribution is 5.55. The quantitative estimate of drug-likeness (QED) is 0.898. The Morgan fingerprint density at radius 3 is 2.28 bits per heavy atom. The van der Waals surface area contributed by atoms with Gasteiger partial charge in [-0.15, -0.1) is 0 Å². The van der Waals surface area contributed by atoms with Crippen LogP contribution in [0.2, 0.25) is 0 Å². The molecule has 1 fully saturated rings. The summed E-state index contributed by atoms with van der Waals surface area (Å²) in [6.45, 7) is 5.54. The second-order valence-corrected chi connectivity index (χ2v) is 4.73. The van der Waals surface area contributed by atoms with Gasteiger partial charge in [-0.1, -0.05) is 0 Å². The molecular weight excluding hydrogens is 233 g/mol. The van der Waals surface area contributed by atoms with E-state index in [1.165, 1.54) is 7.11 Å². The summed E-state index contributed by atoms with van der Waals surface area (Å²) in [5, 5.41) is 3.33. The van der Waals surface area contributed by atoms with Gasteiger partial charge in [0.15, 0.2) is 11.6 Å². The SMILES string of the molecule is COc1c(C)c(C2CCNC2)c(OC)c(C)c1F. The molecule has 0 amide bonds. The molecule has 0 spiro atoms. The van der Waals surface area contributed by atoms with Crippen molar-refractivity contribution in [2.75, 3.05) is 27.3 Å². The number of nitrogens with one attached hydrogen (secondary N) is 1. The summed E-state index contributed by atoms with van der Waals surface area (Å²) in [5.41, 5.74) is 2.46. The van der Waals surface area contributed by atoms with Crippen molar-refractivity contribution in [2.24, 2.45) is 0 Å². The Labute approximate surface area is 107 Å². The molecule has 1 N–H and O–H groups in total. The Morgan fingerprint density at radius 1 is 1.11 bits per heavy atom. The standard InChI is InChI=1S/C14H20FNO2/c1-8-11(10-5-6-16-7-10)13(17-3)9(2)12(15)14(8)18-4/h10,16H,5-7H2,1-4H3. The lowest BCUT2D eigenvalue weighted by atomic mass is 9.90. The highest BCUT2D eigenvalue weighted by Gasteiger charge is 2.28. The minimum absolute atomic E-state index is 0.318. The fourth-order valence-corrected chi connectivity index (χ4v) is 2.83. The molecule has 0 radical (unpaired) electrons. The fourth-order valence-electron chi connectivity index (χ4n) is 2.83. The molecule has 18 heavy (non-hydrogen) atoms. The molecule has 1 aromatic carbocycles. The summed E-state index contributed by atoms with van der Waals surface area (Å²) in [6, 6.07) is 0. The minimum Gasteiger partial charge on any atom is -0.496 e. The van der Waals surface area contributed by atoms with Gasteiger partial charge in [0.2, 0.25) is 0 Å². The van der Waals surface area contributed by atoms with E-state index in [9.17, 15) is 4.39 Å². The molecule has 1 aromatic rings. The van der Waals surface area contributed by atoms with Crippen molar-refractivity contribution >= 4 is 0 Å². The monoisotopic (exact) mass is 253 g/mol. The zero-order valence-corrected chi connectivity index (χ0v) is 11.4. The van der Waals surface area contributed by atoms with Gasteiger partial charge in [0.25, 0.3) is 0 Å². The van der Waals surface area contributed by atoms with Crippen LogP contribution in [0.4, 0.5) is 4.39 Å². The van der Waals surface area contributed by atoms with E-state index in [4.69, 9.17) is 9.47 Å². The zero-order valence-electron chi connectivity index (χ0n) is 11.4. The molecule has 1 aliphatic heterocycles. The van der Waals surface area contributed by atoms with Crippen LogP contribution in [-0.4, -0.2) is 27.3 Å². The molecule has 3 nitrogen and oxygen atoms in total. The maximum atomic E-state index is 14.2. The lowest BCUT2D eigenvalue weighted by molar-refractivity contribution is 0.365. The van der Waals surface area contributed by atoms with E-state index < -0.39 is 0 Å². The van der Waals surface area contributed by atoms with E-state index in [0.717, 1.165) is 30.6 Å². The predicted octanol–water partition coefficient (Wildman–Crippen LogP) is 2.54. The van der Waals surface area contributed by atoms with Crippen molar-refractivity contribution in [1.29, 1.82) is 0 Å². The number of benzene rings is 1. The fraction of sp³-hybridized carbons (Fsp3) is 0.571. The second kappa shape index (κ2) is 5.14. The Kier molecular flexibility index (Phi) is 3.76. The van der Waals surface area contributed by atoms with Crippen molar-refractivity contribution < 1.29 is 13.9 Å². The van der Waals surface area contributed by atoms with E-state index >= 15 is 0 Å². The smallest absolute Gasteiger partial charge is 0.171 e. The van der Waals surface area contributed by atoms with Gasteiger partial charge in [0.1, 0.15) is 5.75 Å². The Bertz CT molecular complexity index is 454. The molecular formula is C14H20FNO2. The molecule has 0 bridgehead atoms. The number of halogens is 1. The molecule has 0 aliphatic carbocycles. The van der Waals surface area contributed by atoms with E-state index in [2.05, 4.69) is 5.32 Å². The predicted molar refractivity (Wildman–Crippen MR) is 69.2 cm³/mol. The van der Waals surface area contributed by atoms with Crippen molar-refractivity contribution in [2.45, 2.75) is 26.2 Å². The molecule has 1 aliphatic rings. The summed E-state index contributed by atoms with van der Waals surface area (Å²) in [4.78, 5) is 0. The first-order valence-corrected chi connectivity index (χ1v) is 6.23. The first kappa shape index (κ1) is 13.1. The maximum absolute atomic E-state index is 14.2. The van der Waals surface area contributed by atoms with Crippen molar-refractivity contribution in [3.05, 3.63) is 22.5 Å². The zero-order chi connectivity index (χ0) is 13.3. The molecule has 1 unspecified atom stereocenters. The highest BCUT2D eigenvalue weighted by atomic mass is 19.1. The Balaban J connectivity index is 2.64. The topological polar surface area (TPSA) is 30.5 Å². The van der Waals surface area contributed by atoms with Crippen LogP contribution in [0.15, 0.2) is 0 Å². The average Bonchev–Trinajstić information content (AvgIpc) is 2.87. The summed E-state index contributed by atoms with van der Waals surface area (Å²) in [7, 11) is 3.10. The van der Waals surface area contributed by atoms with Crippen LogP contribution in [0.25, 0.3) is 0 Å². The van der Waals surface area contributed by atoms with Crippen molar-refractivity contribution in [3.8, 4) is 11.5 Å². The number of rotatable bonds is 3. The number of hydrogen-bond donors (Lipinski definition) is 1. The molecule has 0 saturated carbocycles. The molecule has 1 atom stereocenters. The summed E-state index contributed by atoms with van der Waals surface area (Å²) < 4.78 is 24.8. The van der Waals surface area contributed by atoms with Crippen LogP contribution in [0.1, 0.15) is 29.0 Å². The Morgan fingerprint density at radius 2 is 1.78 bits per heavy atom. The number of ether oxygens (including phenoxy) is 2. The van der Waals surface area contributed by atoms with Crippen LogP contribution in [0, 0.1) is 19.7 Å². The second-order valence-electron chi connectivity index (χ2n) is 4.73. The average molecular weight is 253 g/mol. The van der Waals surface area contributed by atoms with Crippen LogP contribution in [0.3, 0.4) is 0 Å². The van der Waals surface area contributed by atoms with Crippen LogP contribution >= 0.6 is 0 Å². The third kappa shape index (κ3) is 1.94. The third-order valence-electron chi connectivity index (χ3n) is 3.74. The van der Waals surface area contributed by atoms with E-state index in [-0.39, 0.29) is 5.82 Å². The van der Waals surface area contributed by atoms with Gasteiger partial charge in [0, 0.05) is 29.2 Å². The summed E-state index contributed by atoms with van der Waals surface area (Å²) in [6.07, 6.45) is 1.05. The van der Waals surface area contributed by atoms with E-state index in [1.54, 1.807) is 14.0 Å². The van der Waals surface area contributed by atoms with Crippen LogP contribution in [0.5, 0.6) is 11.5 Å². The first-order chi connectivity index (χ1) is 8.61. The number of hydrogen-bond acceptors (Lipinski definition) is 3. The van der Waals surface area contributed by atoms with Crippen molar-refractivity contribution in [1.82, 2.24) is 5.32 Å². The van der Waals surface area contributed by atoms with Crippen LogP contribution < -0.4 is 14.8 Å². The normalized spacial score (nSPS) is 19.1. The largest absolute Gasteiger partial charge is 0.496 e.